The third-order valence-electron chi connectivity index (χ3n) is 2.46. The molecule has 0 fully saturated rings. The number of halogens is 1. The zero-order valence-electron chi connectivity index (χ0n) is 11.8. The van der Waals surface area contributed by atoms with E-state index in [0.717, 1.165) is 18.7 Å². The summed E-state index contributed by atoms with van der Waals surface area (Å²) in [6, 6.07) is 5.84. The molecular weight excluding hydrogens is 266 g/mol. The van der Waals surface area contributed by atoms with Crippen LogP contribution >= 0.6 is 12.4 Å². The van der Waals surface area contributed by atoms with Crippen molar-refractivity contribution in [1.29, 1.82) is 0 Å². The average molecular weight is 290 g/mol. The first-order valence-corrected chi connectivity index (χ1v) is 6.28. The number of benzene rings is 1. The molecule has 1 aromatic carbocycles. The Labute approximate surface area is 121 Å². The van der Waals surface area contributed by atoms with Crippen LogP contribution in [0.5, 0.6) is 11.5 Å². The molecule has 0 aromatic heterocycles. The van der Waals surface area contributed by atoms with Crippen LogP contribution < -0.4 is 14.8 Å². The molecule has 1 rings (SSSR count). The second kappa shape index (κ2) is 9.89. The van der Waals surface area contributed by atoms with Gasteiger partial charge in [0.25, 0.3) is 0 Å². The van der Waals surface area contributed by atoms with Crippen molar-refractivity contribution in [1.82, 2.24) is 5.32 Å². The normalized spacial score (nSPS) is 10.2. The minimum absolute atomic E-state index is 0. The van der Waals surface area contributed by atoms with Crippen molar-refractivity contribution < 1.29 is 14.6 Å². The lowest BCUT2D eigenvalue weighted by atomic mass is 10.2. The number of ether oxygens (including phenoxy) is 2. The fourth-order valence-electron chi connectivity index (χ4n) is 1.60. The first kappa shape index (κ1) is 18.0. The van der Waals surface area contributed by atoms with Crippen LogP contribution in [0.2, 0.25) is 0 Å². The van der Waals surface area contributed by atoms with Crippen LogP contribution in [0.15, 0.2) is 18.2 Å². The Balaban J connectivity index is 0.00000324. The van der Waals surface area contributed by atoms with Gasteiger partial charge in [0.15, 0.2) is 11.5 Å². The standard InChI is InChI=1S/C14H23NO3.ClH/c1-11(2)9-15-10-12-4-5-13(18-7-6-16)14(8-12)17-3;/h4-5,8,11,15-16H,6-7,9-10H2,1-3H3;1H. The molecule has 110 valence electrons. The highest BCUT2D eigenvalue weighted by molar-refractivity contribution is 5.85. The molecule has 0 aliphatic rings. The Hall–Kier alpha value is -0.970. The summed E-state index contributed by atoms with van der Waals surface area (Å²) in [6.07, 6.45) is 0. The number of hydrogen-bond acceptors (Lipinski definition) is 4. The lowest BCUT2D eigenvalue weighted by Crippen LogP contribution is -2.18. The van der Waals surface area contributed by atoms with Gasteiger partial charge in [-0.1, -0.05) is 19.9 Å². The maximum absolute atomic E-state index is 8.74. The van der Waals surface area contributed by atoms with Crippen molar-refractivity contribution in [3.63, 3.8) is 0 Å². The molecule has 5 heteroatoms. The highest BCUT2D eigenvalue weighted by Crippen LogP contribution is 2.27. The van der Waals surface area contributed by atoms with Gasteiger partial charge >= 0.3 is 0 Å². The Morgan fingerprint density at radius 1 is 1.26 bits per heavy atom. The molecule has 19 heavy (non-hydrogen) atoms. The van der Waals surface area contributed by atoms with Gasteiger partial charge in [-0.15, -0.1) is 12.4 Å². The van der Waals surface area contributed by atoms with Crippen LogP contribution in [0.25, 0.3) is 0 Å². The van der Waals surface area contributed by atoms with E-state index < -0.39 is 0 Å². The fourth-order valence-corrected chi connectivity index (χ4v) is 1.60. The van der Waals surface area contributed by atoms with Crippen molar-refractivity contribution in [2.24, 2.45) is 5.92 Å². The summed E-state index contributed by atoms with van der Waals surface area (Å²) in [4.78, 5) is 0. The summed E-state index contributed by atoms with van der Waals surface area (Å²) >= 11 is 0. The molecule has 0 saturated heterocycles. The van der Waals surface area contributed by atoms with Crippen LogP contribution in [0.1, 0.15) is 19.4 Å². The summed E-state index contributed by atoms with van der Waals surface area (Å²) in [7, 11) is 1.62. The third kappa shape index (κ3) is 6.66. The van der Waals surface area contributed by atoms with E-state index in [9.17, 15) is 0 Å². The van der Waals surface area contributed by atoms with Gasteiger partial charge in [0.1, 0.15) is 6.61 Å². The van der Waals surface area contributed by atoms with Crippen LogP contribution in [-0.2, 0) is 6.54 Å². The molecule has 0 spiro atoms. The van der Waals surface area contributed by atoms with Gasteiger partial charge in [-0.25, -0.2) is 0 Å². The predicted octanol–water partition coefficient (Wildman–Crippen LogP) is 2.23. The van der Waals surface area contributed by atoms with E-state index in [4.69, 9.17) is 14.6 Å². The topological polar surface area (TPSA) is 50.7 Å². The summed E-state index contributed by atoms with van der Waals surface area (Å²) < 4.78 is 10.7. The Kier molecular flexibility index (Phi) is 9.39. The molecule has 0 saturated carbocycles. The van der Waals surface area contributed by atoms with E-state index >= 15 is 0 Å². The maximum atomic E-state index is 8.74. The van der Waals surface area contributed by atoms with Crippen molar-refractivity contribution in [2.45, 2.75) is 20.4 Å². The maximum Gasteiger partial charge on any atom is 0.161 e. The van der Waals surface area contributed by atoms with E-state index in [1.54, 1.807) is 7.11 Å². The fraction of sp³-hybridized carbons (Fsp3) is 0.571. The van der Waals surface area contributed by atoms with E-state index in [-0.39, 0.29) is 25.6 Å². The predicted molar refractivity (Wildman–Crippen MR) is 79.4 cm³/mol. The summed E-state index contributed by atoms with van der Waals surface area (Å²) in [5.41, 5.74) is 1.16. The summed E-state index contributed by atoms with van der Waals surface area (Å²) in [5, 5.41) is 12.1. The van der Waals surface area contributed by atoms with Gasteiger partial charge in [-0.2, -0.15) is 0 Å². The van der Waals surface area contributed by atoms with Gasteiger partial charge in [0, 0.05) is 6.54 Å². The quantitative estimate of drug-likeness (QED) is 0.771. The van der Waals surface area contributed by atoms with Crippen LogP contribution in [-0.4, -0.2) is 32.0 Å². The highest BCUT2D eigenvalue weighted by atomic mass is 35.5. The van der Waals surface area contributed by atoms with Crippen molar-refractivity contribution in [3.05, 3.63) is 23.8 Å². The molecule has 1 aromatic rings. The molecule has 0 aliphatic heterocycles. The SMILES string of the molecule is COc1cc(CNCC(C)C)ccc1OCCO.Cl. The van der Waals surface area contributed by atoms with Gasteiger partial charge in [-0.05, 0) is 30.2 Å². The molecular formula is C14H24ClNO3. The van der Waals surface area contributed by atoms with Gasteiger partial charge in [-0.3, -0.25) is 0 Å². The Morgan fingerprint density at radius 3 is 2.58 bits per heavy atom. The molecule has 0 bridgehead atoms. The van der Waals surface area contributed by atoms with Crippen LogP contribution in [0.3, 0.4) is 0 Å². The van der Waals surface area contributed by atoms with Crippen molar-refractivity contribution >= 4 is 12.4 Å². The van der Waals surface area contributed by atoms with E-state index in [1.165, 1.54) is 0 Å². The Morgan fingerprint density at radius 2 is 2.00 bits per heavy atom. The van der Waals surface area contributed by atoms with Gasteiger partial charge < -0.3 is 19.9 Å². The number of aliphatic hydroxyl groups is 1. The smallest absolute Gasteiger partial charge is 0.161 e. The third-order valence-corrected chi connectivity index (χ3v) is 2.46. The zero-order valence-corrected chi connectivity index (χ0v) is 12.6. The molecule has 0 aliphatic carbocycles. The van der Waals surface area contributed by atoms with Gasteiger partial charge in [0.2, 0.25) is 0 Å². The lowest BCUT2D eigenvalue weighted by Gasteiger charge is -2.12. The van der Waals surface area contributed by atoms with E-state index in [1.807, 2.05) is 18.2 Å². The molecule has 2 N–H and O–H groups in total. The first-order chi connectivity index (χ1) is 8.67. The molecule has 0 radical (unpaired) electrons. The molecule has 0 unspecified atom stereocenters. The van der Waals surface area contributed by atoms with E-state index in [2.05, 4.69) is 19.2 Å². The number of rotatable bonds is 8. The molecule has 4 nitrogen and oxygen atoms in total. The van der Waals surface area contributed by atoms with Gasteiger partial charge in [0.05, 0.1) is 13.7 Å². The van der Waals surface area contributed by atoms with Crippen LogP contribution in [0.4, 0.5) is 0 Å². The summed E-state index contributed by atoms with van der Waals surface area (Å²) in [6.45, 7) is 6.45. The molecule has 0 amide bonds. The second-order valence-corrected chi connectivity index (χ2v) is 4.58. The zero-order chi connectivity index (χ0) is 13.4. The number of aliphatic hydroxyl groups excluding tert-OH is 1. The Bertz CT molecular complexity index is 359. The van der Waals surface area contributed by atoms with Crippen LogP contribution in [0, 0.1) is 5.92 Å². The average Bonchev–Trinajstić information content (AvgIpc) is 2.36. The number of hydrogen-bond donors (Lipinski definition) is 2. The molecule has 0 heterocycles. The van der Waals surface area contributed by atoms with Crippen molar-refractivity contribution in [3.8, 4) is 11.5 Å². The second-order valence-electron chi connectivity index (χ2n) is 4.58. The van der Waals surface area contributed by atoms with E-state index in [0.29, 0.717) is 17.4 Å². The first-order valence-electron chi connectivity index (χ1n) is 6.28. The molecule has 0 atom stereocenters. The minimum atomic E-state index is 0. The number of nitrogens with one attached hydrogen (secondary N) is 1. The lowest BCUT2D eigenvalue weighted by molar-refractivity contribution is 0.196. The summed E-state index contributed by atoms with van der Waals surface area (Å²) in [5.74, 6) is 2.01. The minimum Gasteiger partial charge on any atom is -0.493 e. The largest absolute Gasteiger partial charge is 0.493 e. The monoisotopic (exact) mass is 289 g/mol. The van der Waals surface area contributed by atoms with Crippen molar-refractivity contribution in [2.75, 3.05) is 26.9 Å². The number of methoxy groups -OCH3 is 1. The highest BCUT2D eigenvalue weighted by Gasteiger charge is 2.05.